The number of piperidine rings is 1. The van der Waals surface area contributed by atoms with E-state index in [1.54, 1.807) is 0 Å². The maximum Gasteiger partial charge on any atom is 0.0786 e. The average molecular weight is 339 g/mol. The Morgan fingerprint density at radius 1 is 0.500 bits per heavy atom. The summed E-state index contributed by atoms with van der Waals surface area (Å²) in [5, 5.41) is 0. The highest BCUT2D eigenvalue weighted by molar-refractivity contribution is 4.55. The first kappa shape index (κ1) is 22.0. The molecule has 1 saturated heterocycles. The van der Waals surface area contributed by atoms with Gasteiger partial charge in [0.2, 0.25) is 0 Å². The van der Waals surface area contributed by atoms with E-state index in [0.29, 0.717) is 0 Å². The Bertz CT molecular complexity index is 255. The molecule has 1 rings (SSSR count). The minimum Gasteiger partial charge on any atom is -0.324 e. The van der Waals surface area contributed by atoms with E-state index in [0.717, 1.165) is 0 Å². The summed E-state index contributed by atoms with van der Waals surface area (Å²) >= 11 is 0. The lowest BCUT2D eigenvalue weighted by Crippen LogP contribution is -2.51. The summed E-state index contributed by atoms with van der Waals surface area (Å²) in [7, 11) is 0. The van der Waals surface area contributed by atoms with Crippen LogP contribution in [0.15, 0.2) is 0 Å². The fourth-order valence-corrected chi connectivity index (χ4v) is 4.52. The van der Waals surface area contributed by atoms with Crippen molar-refractivity contribution < 1.29 is 4.48 Å². The van der Waals surface area contributed by atoms with Crippen LogP contribution in [0, 0.1) is 0 Å². The van der Waals surface area contributed by atoms with Crippen LogP contribution in [0.4, 0.5) is 0 Å². The van der Waals surface area contributed by atoms with Crippen LogP contribution in [0.1, 0.15) is 123 Å². The molecule has 1 aliphatic rings. The Labute approximate surface area is 154 Å². The summed E-state index contributed by atoms with van der Waals surface area (Å²) < 4.78 is 1.44. The fourth-order valence-electron chi connectivity index (χ4n) is 4.52. The zero-order chi connectivity index (χ0) is 17.3. The van der Waals surface area contributed by atoms with Crippen molar-refractivity contribution in [2.24, 2.45) is 0 Å². The van der Waals surface area contributed by atoms with Crippen LogP contribution in [0.5, 0.6) is 0 Å². The normalized spacial score (nSPS) is 17.2. The van der Waals surface area contributed by atoms with Gasteiger partial charge in [-0.25, -0.2) is 0 Å². The maximum absolute atomic E-state index is 2.41. The number of hydrogen-bond donors (Lipinski definition) is 0. The van der Waals surface area contributed by atoms with E-state index < -0.39 is 0 Å². The number of unbranched alkanes of at least 4 members (excludes halogenated alkanes) is 13. The molecule has 1 nitrogen and oxygen atoms in total. The molecular formula is C23H48N+. The largest absolute Gasteiger partial charge is 0.324 e. The van der Waals surface area contributed by atoms with Crippen LogP contribution in [-0.4, -0.2) is 30.7 Å². The molecule has 0 aromatic heterocycles. The summed E-state index contributed by atoms with van der Waals surface area (Å²) in [6.07, 6.45) is 25.1. The second-order valence-corrected chi connectivity index (χ2v) is 8.49. The molecule has 24 heavy (non-hydrogen) atoms. The van der Waals surface area contributed by atoms with Crippen LogP contribution in [-0.2, 0) is 0 Å². The molecule has 1 heteroatoms. The van der Waals surface area contributed by atoms with Crippen molar-refractivity contribution in [1.82, 2.24) is 0 Å². The summed E-state index contributed by atoms with van der Waals surface area (Å²) in [5.41, 5.74) is 0. The second kappa shape index (κ2) is 15.2. The zero-order valence-electron chi connectivity index (χ0n) is 17.3. The highest BCUT2D eigenvalue weighted by Gasteiger charge is 2.26. The fraction of sp³-hybridized carbons (Fsp3) is 1.00. The topological polar surface area (TPSA) is 0 Å². The van der Waals surface area contributed by atoms with E-state index >= 15 is 0 Å². The third-order valence-corrected chi connectivity index (χ3v) is 6.42. The number of quaternary nitrogens is 1. The van der Waals surface area contributed by atoms with Gasteiger partial charge in [-0.3, -0.25) is 0 Å². The van der Waals surface area contributed by atoms with E-state index in [2.05, 4.69) is 13.8 Å². The Morgan fingerprint density at radius 3 is 1.33 bits per heavy atom. The third-order valence-electron chi connectivity index (χ3n) is 6.42. The number of hydrogen-bond acceptors (Lipinski definition) is 0. The monoisotopic (exact) mass is 338 g/mol. The van der Waals surface area contributed by atoms with Crippen molar-refractivity contribution in [2.75, 3.05) is 26.2 Å². The molecule has 0 saturated carbocycles. The standard InChI is InChI=1S/C23H48N/c1-3-5-6-7-8-9-10-11-12-13-14-15-16-18-21-24(4-2)22-19-17-20-23-24/h3-23H2,1-2H3/q+1. The van der Waals surface area contributed by atoms with Gasteiger partial charge in [0, 0.05) is 0 Å². The lowest BCUT2D eigenvalue weighted by molar-refractivity contribution is -0.931. The van der Waals surface area contributed by atoms with Gasteiger partial charge in [-0.15, -0.1) is 0 Å². The molecule has 0 spiro atoms. The molecule has 0 bridgehead atoms. The Balaban J connectivity index is 1.80. The maximum atomic E-state index is 2.41. The minimum atomic E-state index is 1.37. The Kier molecular flexibility index (Phi) is 14.0. The third kappa shape index (κ3) is 10.7. The summed E-state index contributed by atoms with van der Waals surface area (Å²) in [5.74, 6) is 0. The van der Waals surface area contributed by atoms with Gasteiger partial charge in [-0.1, -0.05) is 84.0 Å². The summed E-state index contributed by atoms with van der Waals surface area (Å²) in [4.78, 5) is 0. The molecule has 0 N–H and O–H groups in total. The molecule has 1 fully saturated rings. The predicted molar refractivity (Wildman–Crippen MR) is 110 cm³/mol. The van der Waals surface area contributed by atoms with Gasteiger partial charge in [-0.2, -0.15) is 0 Å². The molecule has 144 valence electrons. The molecule has 0 aromatic carbocycles. The first-order valence-electron chi connectivity index (χ1n) is 11.7. The molecular weight excluding hydrogens is 290 g/mol. The number of likely N-dealkylation sites (tertiary alicyclic amines) is 1. The predicted octanol–water partition coefficient (Wildman–Crippen LogP) is 7.49. The molecule has 1 aliphatic heterocycles. The summed E-state index contributed by atoms with van der Waals surface area (Å²) in [6.45, 7) is 10.5. The van der Waals surface area contributed by atoms with Crippen LogP contribution < -0.4 is 0 Å². The van der Waals surface area contributed by atoms with Crippen molar-refractivity contribution in [1.29, 1.82) is 0 Å². The van der Waals surface area contributed by atoms with E-state index in [1.807, 2.05) is 0 Å². The minimum absolute atomic E-state index is 1.37. The van der Waals surface area contributed by atoms with Crippen LogP contribution in [0.25, 0.3) is 0 Å². The van der Waals surface area contributed by atoms with E-state index in [4.69, 9.17) is 0 Å². The Morgan fingerprint density at radius 2 is 0.917 bits per heavy atom. The molecule has 0 aliphatic carbocycles. The zero-order valence-corrected chi connectivity index (χ0v) is 17.3. The molecule has 1 heterocycles. The molecule has 0 aromatic rings. The number of rotatable bonds is 16. The van der Waals surface area contributed by atoms with Crippen LogP contribution >= 0.6 is 0 Å². The smallest absolute Gasteiger partial charge is 0.0786 e. The lowest BCUT2D eigenvalue weighted by Gasteiger charge is -2.41. The molecule has 0 radical (unpaired) electrons. The van der Waals surface area contributed by atoms with Crippen molar-refractivity contribution in [3.63, 3.8) is 0 Å². The van der Waals surface area contributed by atoms with Gasteiger partial charge < -0.3 is 4.48 Å². The van der Waals surface area contributed by atoms with Gasteiger partial charge in [0.05, 0.1) is 26.2 Å². The van der Waals surface area contributed by atoms with Gasteiger partial charge >= 0.3 is 0 Å². The van der Waals surface area contributed by atoms with E-state index in [-0.39, 0.29) is 0 Å². The number of nitrogens with zero attached hydrogens (tertiary/aromatic N) is 1. The van der Waals surface area contributed by atoms with Gasteiger partial charge in [0.15, 0.2) is 0 Å². The summed E-state index contributed by atoms with van der Waals surface area (Å²) in [6, 6.07) is 0. The van der Waals surface area contributed by atoms with Crippen molar-refractivity contribution in [3.05, 3.63) is 0 Å². The highest BCUT2D eigenvalue weighted by Crippen LogP contribution is 2.20. The van der Waals surface area contributed by atoms with Gasteiger partial charge in [-0.05, 0) is 39.0 Å². The first-order valence-corrected chi connectivity index (χ1v) is 11.7. The van der Waals surface area contributed by atoms with Crippen molar-refractivity contribution in [2.45, 2.75) is 123 Å². The van der Waals surface area contributed by atoms with Crippen molar-refractivity contribution >= 4 is 0 Å². The molecule has 0 amide bonds. The average Bonchev–Trinajstić information content (AvgIpc) is 2.63. The second-order valence-electron chi connectivity index (χ2n) is 8.49. The van der Waals surface area contributed by atoms with Crippen LogP contribution in [0.2, 0.25) is 0 Å². The van der Waals surface area contributed by atoms with Gasteiger partial charge in [0.1, 0.15) is 0 Å². The van der Waals surface area contributed by atoms with E-state index in [9.17, 15) is 0 Å². The molecule has 0 atom stereocenters. The SMILES string of the molecule is CCCCCCCCCCCCCCCC[N+]1(CC)CCCCC1. The quantitative estimate of drug-likeness (QED) is 0.202. The van der Waals surface area contributed by atoms with E-state index in [1.165, 1.54) is 140 Å². The first-order chi connectivity index (χ1) is 11.8. The van der Waals surface area contributed by atoms with Gasteiger partial charge in [0.25, 0.3) is 0 Å². The van der Waals surface area contributed by atoms with Crippen molar-refractivity contribution in [3.8, 4) is 0 Å². The van der Waals surface area contributed by atoms with Crippen LogP contribution in [0.3, 0.4) is 0 Å². The highest BCUT2D eigenvalue weighted by atomic mass is 15.3. The lowest BCUT2D eigenvalue weighted by atomic mass is 10.0. The molecule has 0 unspecified atom stereocenters. The Hall–Kier alpha value is -0.0400.